The molecule has 0 aromatic heterocycles. The Labute approximate surface area is 155 Å². The van der Waals surface area contributed by atoms with Crippen molar-refractivity contribution in [3.8, 4) is 6.07 Å². The van der Waals surface area contributed by atoms with Crippen molar-refractivity contribution >= 4 is 5.97 Å². The van der Waals surface area contributed by atoms with Crippen molar-refractivity contribution in [3.63, 3.8) is 0 Å². The molecule has 0 saturated heterocycles. The highest BCUT2D eigenvalue weighted by molar-refractivity contribution is 5.93. The minimum atomic E-state index is -0.592. The van der Waals surface area contributed by atoms with Gasteiger partial charge in [-0.3, -0.25) is 0 Å². The highest BCUT2D eigenvalue weighted by atomic mass is 16.5. The average Bonchev–Trinajstić information content (AvgIpc) is 2.58. The van der Waals surface area contributed by atoms with Crippen LogP contribution in [-0.4, -0.2) is 12.6 Å². The fourth-order valence-corrected chi connectivity index (χ4v) is 3.61. The SMILES string of the molecule is CCOC(=O)C1=C(C)OC(N)=C(C#N)C1c1c(C)c(C)c(C)c(C)c1C. The number of rotatable bonds is 3. The zero-order chi connectivity index (χ0) is 19.8. The highest BCUT2D eigenvalue weighted by Gasteiger charge is 2.38. The summed E-state index contributed by atoms with van der Waals surface area (Å²) in [7, 11) is 0. The van der Waals surface area contributed by atoms with Crippen molar-refractivity contribution in [1.82, 2.24) is 0 Å². The van der Waals surface area contributed by atoms with Crippen LogP contribution in [0.25, 0.3) is 0 Å². The summed E-state index contributed by atoms with van der Waals surface area (Å²) < 4.78 is 10.7. The fourth-order valence-electron chi connectivity index (χ4n) is 3.61. The van der Waals surface area contributed by atoms with Crippen molar-refractivity contribution in [2.75, 3.05) is 6.61 Å². The standard InChI is InChI=1S/C21H26N2O3/c1-8-25-21(24)18-15(7)26-20(23)16(9-22)19(18)17-13(5)11(3)10(2)12(4)14(17)6/h19H,8,23H2,1-7H3. The number of carbonyl (C=O) groups is 1. The molecular weight excluding hydrogens is 328 g/mol. The average molecular weight is 354 g/mol. The number of hydrogen-bond donors (Lipinski definition) is 1. The molecule has 138 valence electrons. The maximum Gasteiger partial charge on any atom is 0.338 e. The van der Waals surface area contributed by atoms with Crippen LogP contribution in [0.4, 0.5) is 0 Å². The molecule has 0 aliphatic carbocycles. The molecule has 0 radical (unpaired) electrons. The van der Waals surface area contributed by atoms with Crippen molar-refractivity contribution < 1.29 is 14.3 Å². The Morgan fingerprint density at radius 1 is 1.08 bits per heavy atom. The smallest absolute Gasteiger partial charge is 0.338 e. The third-order valence-electron chi connectivity index (χ3n) is 5.45. The molecule has 0 spiro atoms. The van der Waals surface area contributed by atoms with Crippen molar-refractivity contribution in [2.24, 2.45) is 5.73 Å². The maximum atomic E-state index is 12.7. The molecule has 1 aromatic carbocycles. The molecule has 0 bridgehead atoms. The van der Waals surface area contributed by atoms with Crippen LogP contribution in [0.1, 0.15) is 53.1 Å². The molecule has 2 rings (SSSR count). The first kappa shape index (κ1) is 19.6. The van der Waals surface area contributed by atoms with E-state index >= 15 is 0 Å². The second-order valence-corrected chi connectivity index (χ2v) is 6.65. The van der Waals surface area contributed by atoms with Gasteiger partial charge in [0.15, 0.2) is 0 Å². The number of benzene rings is 1. The first-order valence-corrected chi connectivity index (χ1v) is 8.69. The summed E-state index contributed by atoms with van der Waals surface area (Å²) in [5, 5.41) is 9.74. The third kappa shape index (κ3) is 2.96. The molecule has 1 heterocycles. The Morgan fingerprint density at radius 2 is 1.58 bits per heavy atom. The van der Waals surface area contributed by atoms with E-state index < -0.39 is 11.9 Å². The lowest BCUT2D eigenvalue weighted by molar-refractivity contribution is -0.139. The Bertz CT molecular complexity index is 856. The minimum Gasteiger partial charge on any atom is -0.463 e. The van der Waals surface area contributed by atoms with Gasteiger partial charge in [-0.15, -0.1) is 0 Å². The molecule has 5 nitrogen and oxygen atoms in total. The fraction of sp³-hybridized carbons (Fsp3) is 0.429. The molecule has 1 aliphatic rings. The van der Waals surface area contributed by atoms with E-state index in [4.69, 9.17) is 15.2 Å². The lowest BCUT2D eigenvalue weighted by Crippen LogP contribution is -2.27. The van der Waals surface area contributed by atoms with Crippen LogP contribution < -0.4 is 5.73 Å². The molecule has 26 heavy (non-hydrogen) atoms. The molecule has 0 amide bonds. The number of nitrogens with zero attached hydrogens (tertiary/aromatic N) is 1. The van der Waals surface area contributed by atoms with E-state index in [0.717, 1.165) is 27.8 Å². The molecular formula is C21H26N2O3. The topological polar surface area (TPSA) is 85.3 Å². The van der Waals surface area contributed by atoms with Crippen LogP contribution in [-0.2, 0) is 14.3 Å². The Morgan fingerprint density at radius 3 is 2.04 bits per heavy atom. The van der Waals surface area contributed by atoms with Gasteiger partial charge in [0.25, 0.3) is 0 Å². The van der Waals surface area contributed by atoms with Gasteiger partial charge in [0.1, 0.15) is 17.4 Å². The molecule has 1 atom stereocenters. The molecule has 1 unspecified atom stereocenters. The van der Waals surface area contributed by atoms with E-state index in [0.29, 0.717) is 11.3 Å². The summed E-state index contributed by atoms with van der Waals surface area (Å²) in [5.41, 5.74) is 13.1. The van der Waals surface area contributed by atoms with Crippen LogP contribution in [0.5, 0.6) is 0 Å². The zero-order valence-electron chi connectivity index (χ0n) is 16.5. The van der Waals surface area contributed by atoms with Crippen LogP contribution >= 0.6 is 0 Å². The van der Waals surface area contributed by atoms with Gasteiger partial charge in [-0.2, -0.15) is 5.26 Å². The molecule has 0 saturated carbocycles. The predicted octanol–water partition coefficient (Wildman–Crippen LogP) is 3.87. The number of esters is 1. The largest absolute Gasteiger partial charge is 0.463 e. The Hall–Kier alpha value is -2.74. The summed E-state index contributed by atoms with van der Waals surface area (Å²) in [6, 6.07) is 2.15. The van der Waals surface area contributed by atoms with Gasteiger partial charge < -0.3 is 15.2 Å². The number of carbonyl (C=O) groups excluding carboxylic acids is 1. The number of ether oxygens (including phenoxy) is 2. The first-order valence-electron chi connectivity index (χ1n) is 8.69. The number of allylic oxidation sites excluding steroid dienone is 2. The predicted molar refractivity (Wildman–Crippen MR) is 100 cm³/mol. The van der Waals surface area contributed by atoms with Gasteiger partial charge in [0.05, 0.1) is 18.1 Å². The summed E-state index contributed by atoms with van der Waals surface area (Å²) in [6.07, 6.45) is 0. The van der Waals surface area contributed by atoms with Crippen molar-refractivity contribution in [3.05, 3.63) is 56.2 Å². The number of hydrogen-bond acceptors (Lipinski definition) is 5. The normalized spacial score (nSPS) is 17.1. The van der Waals surface area contributed by atoms with Crippen LogP contribution in [0.3, 0.4) is 0 Å². The monoisotopic (exact) mass is 354 g/mol. The second kappa shape index (κ2) is 7.25. The zero-order valence-corrected chi connectivity index (χ0v) is 16.5. The van der Waals surface area contributed by atoms with Gasteiger partial charge in [-0.25, -0.2) is 4.79 Å². The van der Waals surface area contributed by atoms with Crippen molar-refractivity contribution in [2.45, 2.75) is 54.4 Å². The van der Waals surface area contributed by atoms with E-state index in [-0.39, 0.29) is 18.1 Å². The number of nitrogens with two attached hydrogens (primary N) is 1. The van der Waals surface area contributed by atoms with Crippen LogP contribution in [0, 0.1) is 45.9 Å². The van der Waals surface area contributed by atoms with E-state index in [9.17, 15) is 10.1 Å². The van der Waals surface area contributed by atoms with E-state index in [1.54, 1.807) is 13.8 Å². The highest BCUT2D eigenvalue weighted by Crippen LogP contribution is 2.44. The Balaban J connectivity index is 2.88. The van der Waals surface area contributed by atoms with Gasteiger partial charge in [0, 0.05) is 0 Å². The summed E-state index contributed by atoms with van der Waals surface area (Å²) in [4.78, 5) is 12.7. The minimum absolute atomic E-state index is 0.0396. The molecule has 2 N–H and O–H groups in total. The molecule has 1 aliphatic heterocycles. The molecule has 1 aromatic rings. The molecule has 0 fully saturated rings. The summed E-state index contributed by atoms with van der Waals surface area (Å²) >= 11 is 0. The number of nitriles is 1. The van der Waals surface area contributed by atoms with Crippen molar-refractivity contribution in [1.29, 1.82) is 5.26 Å². The van der Waals surface area contributed by atoms with Crippen LogP contribution in [0.15, 0.2) is 22.8 Å². The lowest BCUT2D eigenvalue weighted by Gasteiger charge is -2.30. The van der Waals surface area contributed by atoms with Gasteiger partial charge in [0.2, 0.25) is 5.88 Å². The first-order chi connectivity index (χ1) is 12.2. The lowest BCUT2D eigenvalue weighted by atomic mass is 9.76. The Kier molecular flexibility index (Phi) is 5.46. The molecule has 5 heteroatoms. The second-order valence-electron chi connectivity index (χ2n) is 6.65. The summed E-state index contributed by atoms with van der Waals surface area (Å²) in [6.45, 7) is 13.9. The quantitative estimate of drug-likeness (QED) is 0.833. The van der Waals surface area contributed by atoms with Gasteiger partial charge in [-0.05, 0) is 81.8 Å². The van der Waals surface area contributed by atoms with E-state index in [2.05, 4.69) is 26.8 Å². The maximum absolute atomic E-state index is 12.7. The summed E-state index contributed by atoms with van der Waals surface area (Å²) in [5.74, 6) is -0.659. The van der Waals surface area contributed by atoms with Gasteiger partial charge >= 0.3 is 5.97 Å². The van der Waals surface area contributed by atoms with E-state index in [1.807, 2.05) is 13.8 Å². The van der Waals surface area contributed by atoms with E-state index in [1.165, 1.54) is 5.56 Å². The van der Waals surface area contributed by atoms with Gasteiger partial charge in [-0.1, -0.05) is 0 Å². The van der Waals surface area contributed by atoms with Crippen LogP contribution in [0.2, 0.25) is 0 Å². The third-order valence-corrected chi connectivity index (χ3v) is 5.45.